The van der Waals surface area contributed by atoms with E-state index >= 15 is 0 Å². The molecule has 0 bridgehead atoms. The lowest BCUT2D eigenvalue weighted by Gasteiger charge is -2.32. The highest BCUT2D eigenvalue weighted by molar-refractivity contribution is 6.30. The molecule has 0 spiro atoms. The molecule has 1 N–H and O–H groups in total. The number of carbonyl (C=O) groups excluding carboxylic acids is 2. The molecule has 2 atom stereocenters. The first kappa shape index (κ1) is 29.6. The van der Waals surface area contributed by atoms with Gasteiger partial charge in [0.25, 0.3) is 0 Å². The molecule has 8 heteroatoms. The molecule has 2 aromatic rings. The zero-order valence-corrected chi connectivity index (χ0v) is 22.7. The molecular formula is C28H37ClFNO5. The van der Waals surface area contributed by atoms with E-state index < -0.39 is 23.2 Å². The third-order valence-electron chi connectivity index (χ3n) is 5.49. The molecule has 0 fully saturated rings. The minimum absolute atomic E-state index is 0.155. The Bertz CT molecular complexity index is 1020. The summed E-state index contributed by atoms with van der Waals surface area (Å²) >= 11 is 6.04. The highest BCUT2D eigenvalue weighted by Crippen LogP contribution is 2.29. The van der Waals surface area contributed by atoms with Gasteiger partial charge in [-0.05, 0) is 83.7 Å². The number of halogens is 2. The van der Waals surface area contributed by atoms with Gasteiger partial charge in [0.05, 0.1) is 18.6 Å². The fourth-order valence-corrected chi connectivity index (χ4v) is 4.02. The first-order valence-corrected chi connectivity index (χ1v) is 12.5. The van der Waals surface area contributed by atoms with Crippen LogP contribution in [-0.2, 0) is 25.4 Å². The first-order valence-electron chi connectivity index (χ1n) is 12.2. The van der Waals surface area contributed by atoms with E-state index in [0.717, 1.165) is 5.56 Å². The van der Waals surface area contributed by atoms with Gasteiger partial charge in [0.2, 0.25) is 0 Å². The fourth-order valence-electron chi connectivity index (χ4n) is 3.85. The third-order valence-corrected chi connectivity index (χ3v) is 5.72. The Morgan fingerprint density at radius 3 is 2.28 bits per heavy atom. The average molecular weight is 522 g/mol. The van der Waals surface area contributed by atoms with Crippen molar-refractivity contribution in [2.75, 3.05) is 19.8 Å². The molecule has 0 saturated heterocycles. The van der Waals surface area contributed by atoms with E-state index in [0.29, 0.717) is 29.2 Å². The molecule has 198 valence electrons. The second-order valence-corrected chi connectivity index (χ2v) is 10.4. The molecule has 6 nitrogen and oxygen atoms in total. The average Bonchev–Trinajstić information content (AvgIpc) is 2.78. The first-order chi connectivity index (χ1) is 16.9. The number of esters is 1. The Morgan fingerprint density at radius 1 is 1.03 bits per heavy atom. The van der Waals surface area contributed by atoms with Crippen LogP contribution in [0.5, 0.6) is 0 Å². The SMILES string of the molecule is CCOCC(C)(CC(Cc1ccc(-c2cc(Cl)ccc2F)cc1)NC(=O)OC(C)(C)C)C(=O)OCC. The van der Waals surface area contributed by atoms with Crippen molar-refractivity contribution in [3.05, 3.63) is 58.9 Å². The van der Waals surface area contributed by atoms with Gasteiger partial charge in [-0.2, -0.15) is 0 Å². The van der Waals surface area contributed by atoms with E-state index in [-0.39, 0.29) is 31.4 Å². The lowest BCUT2D eigenvalue weighted by atomic mass is 9.82. The molecule has 2 rings (SSSR count). The molecule has 0 heterocycles. The maximum atomic E-state index is 14.3. The van der Waals surface area contributed by atoms with Crippen molar-refractivity contribution in [2.24, 2.45) is 5.41 Å². The Balaban J connectivity index is 2.30. The minimum Gasteiger partial charge on any atom is -0.466 e. The van der Waals surface area contributed by atoms with Crippen LogP contribution in [0.3, 0.4) is 0 Å². The zero-order valence-electron chi connectivity index (χ0n) is 22.0. The van der Waals surface area contributed by atoms with Gasteiger partial charge in [-0.3, -0.25) is 4.79 Å². The van der Waals surface area contributed by atoms with E-state index in [1.165, 1.54) is 12.1 Å². The Morgan fingerprint density at radius 2 is 1.69 bits per heavy atom. The zero-order chi connectivity index (χ0) is 26.9. The summed E-state index contributed by atoms with van der Waals surface area (Å²) in [4.78, 5) is 25.5. The lowest BCUT2D eigenvalue weighted by molar-refractivity contribution is -0.159. The molecule has 0 aromatic heterocycles. The molecule has 0 aliphatic carbocycles. The summed E-state index contributed by atoms with van der Waals surface area (Å²) in [5, 5.41) is 3.36. The van der Waals surface area contributed by atoms with Gasteiger partial charge in [0.15, 0.2) is 0 Å². The fraction of sp³-hybridized carbons (Fsp3) is 0.500. The molecule has 1 amide bonds. The van der Waals surface area contributed by atoms with Crippen LogP contribution < -0.4 is 5.32 Å². The van der Waals surface area contributed by atoms with Crippen molar-refractivity contribution >= 4 is 23.7 Å². The molecular weight excluding hydrogens is 485 g/mol. The predicted molar refractivity (Wildman–Crippen MR) is 140 cm³/mol. The maximum Gasteiger partial charge on any atom is 0.407 e. The molecule has 0 saturated carbocycles. The van der Waals surface area contributed by atoms with Crippen molar-refractivity contribution in [2.45, 2.75) is 66.0 Å². The van der Waals surface area contributed by atoms with Crippen LogP contribution >= 0.6 is 11.6 Å². The van der Waals surface area contributed by atoms with Crippen LogP contribution in [0, 0.1) is 11.2 Å². The van der Waals surface area contributed by atoms with Crippen LogP contribution in [0.25, 0.3) is 11.1 Å². The van der Waals surface area contributed by atoms with Gasteiger partial charge < -0.3 is 19.5 Å². The third kappa shape index (κ3) is 9.10. The van der Waals surface area contributed by atoms with E-state index in [1.807, 2.05) is 19.1 Å². The van der Waals surface area contributed by atoms with Gasteiger partial charge in [-0.15, -0.1) is 0 Å². The second-order valence-electron chi connectivity index (χ2n) is 9.99. The highest BCUT2D eigenvalue weighted by Gasteiger charge is 2.38. The van der Waals surface area contributed by atoms with Crippen LogP contribution in [0.15, 0.2) is 42.5 Å². The van der Waals surface area contributed by atoms with E-state index in [1.54, 1.807) is 52.8 Å². The number of carbonyl (C=O) groups is 2. The lowest BCUT2D eigenvalue weighted by Crippen LogP contribution is -2.46. The number of ether oxygens (including phenoxy) is 3. The van der Waals surface area contributed by atoms with E-state index in [9.17, 15) is 14.0 Å². The van der Waals surface area contributed by atoms with Crippen LogP contribution in [-0.4, -0.2) is 43.5 Å². The molecule has 0 radical (unpaired) electrons. The van der Waals surface area contributed by atoms with Crippen LogP contribution in [0.4, 0.5) is 9.18 Å². The summed E-state index contributed by atoms with van der Waals surface area (Å²) in [6.07, 6.45) is 0.113. The number of rotatable bonds is 11. The summed E-state index contributed by atoms with van der Waals surface area (Å²) in [6.45, 7) is 11.6. The summed E-state index contributed by atoms with van der Waals surface area (Å²) < 4.78 is 30.7. The molecule has 0 aliphatic heterocycles. The molecule has 0 aliphatic rings. The Kier molecular flexibility index (Phi) is 10.7. The van der Waals surface area contributed by atoms with Gasteiger partial charge in [0, 0.05) is 23.2 Å². The van der Waals surface area contributed by atoms with Gasteiger partial charge >= 0.3 is 12.1 Å². The summed E-state index contributed by atoms with van der Waals surface area (Å²) in [6, 6.07) is 11.3. The molecule has 36 heavy (non-hydrogen) atoms. The van der Waals surface area contributed by atoms with Gasteiger partial charge in [-0.1, -0.05) is 35.9 Å². The Labute approximate surface area is 218 Å². The van der Waals surface area contributed by atoms with Crippen molar-refractivity contribution in [1.82, 2.24) is 5.32 Å². The van der Waals surface area contributed by atoms with Gasteiger partial charge in [0.1, 0.15) is 11.4 Å². The van der Waals surface area contributed by atoms with Gasteiger partial charge in [-0.25, -0.2) is 9.18 Å². The maximum absolute atomic E-state index is 14.3. The number of benzene rings is 2. The van der Waals surface area contributed by atoms with Crippen molar-refractivity contribution in [1.29, 1.82) is 0 Å². The number of hydrogen-bond acceptors (Lipinski definition) is 5. The topological polar surface area (TPSA) is 73.9 Å². The summed E-state index contributed by atoms with van der Waals surface area (Å²) in [7, 11) is 0. The van der Waals surface area contributed by atoms with Crippen LogP contribution in [0.1, 0.15) is 53.5 Å². The number of alkyl carbamates (subject to hydrolysis) is 1. The number of hydrogen-bond donors (Lipinski definition) is 1. The van der Waals surface area contributed by atoms with E-state index in [4.69, 9.17) is 25.8 Å². The minimum atomic E-state index is -0.977. The highest BCUT2D eigenvalue weighted by atomic mass is 35.5. The predicted octanol–water partition coefficient (Wildman–Crippen LogP) is 6.58. The summed E-state index contributed by atoms with van der Waals surface area (Å²) in [5.74, 6) is -0.751. The van der Waals surface area contributed by atoms with Crippen LogP contribution in [0.2, 0.25) is 5.02 Å². The van der Waals surface area contributed by atoms with Crippen molar-refractivity contribution < 1.29 is 28.2 Å². The summed E-state index contributed by atoms with van der Waals surface area (Å²) in [5.41, 5.74) is 0.333. The molecule has 2 unspecified atom stereocenters. The quantitative estimate of drug-likeness (QED) is 0.338. The second kappa shape index (κ2) is 13.1. The van der Waals surface area contributed by atoms with Crippen molar-refractivity contribution in [3.8, 4) is 11.1 Å². The van der Waals surface area contributed by atoms with E-state index in [2.05, 4.69) is 5.32 Å². The normalized spacial score (nSPS) is 14.0. The Hall–Kier alpha value is -2.64. The van der Waals surface area contributed by atoms with Crippen molar-refractivity contribution in [3.63, 3.8) is 0 Å². The monoisotopic (exact) mass is 521 g/mol. The molecule has 2 aromatic carbocycles. The standard InChI is InChI=1S/C28H37ClFNO5/c1-7-34-18-28(6,25(32)35-8-2)17-22(31-26(33)36-27(3,4)5)15-19-9-11-20(12-10-19)23-16-21(29)13-14-24(23)30/h9-14,16,22H,7-8,15,17-18H2,1-6H3,(H,31,33). The number of nitrogens with one attached hydrogen (secondary N) is 1. The largest absolute Gasteiger partial charge is 0.466 e. The smallest absolute Gasteiger partial charge is 0.407 e. The number of amides is 1.